The van der Waals surface area contributed by atoms with Crippen molar-refractivity contribution in [2.45, 2.75) is 0 Å². The van der Waals surface area contributed by atoms with Gasteiger partial charge in [0.25, 0.3) is 0 Å². The summed E-state index contributed by atoms with van der Waals surface area (Å²) in [5.41, 5.74) is 1.49. The van der Waals surface area contributed by atoms with E-state index in [1.807, 2.05) is 0 Å². The van der Waals surface area contributed by atoms with Crippen LogP contribution < -0.4 is 0 Å². The average molecular weight is 209 g/mol. The van der Waals surface area contributed by atoms with E-state index >= 15 is 0 Å². The Morgan fingerprint density at radius 3 is 2.29 bits per heavy atom. The molecule has 1 aromatic carbocycles. The first kappa shape index (κ1) is 9.09. The van der Waals surface area contributed by atoms with Crippen molar-refractivity contribution in [3.63, 3.8) is 0 Å². The summed E-state index contributed by atoms with van der Waals surface area (Å²) in [7, 11) is 0. The third-order valence-corrected chi connectivity index (χ3v) is 1.96. The van der Waals surface area contributed by atoms with E-state index in [2.05, 4.69) is 9.97 Å². The number of aromatic nitrogens is 2. The first-order valence-corrected chi connectivity index (χ1v) is 4.37. The maximum Gasteiger partial charge on any atom is 0.147 e. The molecular weight excluding hydrogens is 203 g/mol. The standard InChI is InChI=1S/C10H6ClFN2/c11-10-6-13-9(5-14-10)7-1-3-8(12)4-2-7/h1-6H. The second kappa shape index (κ2) is 3.72. The van der Waals surface area contributed by atoms with E-state index in [9.17, 15) is 4.39 Å². The zero-order valence-electron chi connectivity index (χ0n) is 7.11. The van der Waals surface area contributed by atoms with Gasteiger partial charge in [0.2, 0.25) is 0 Å². The lowest BCUT2D eigenvalue weighted by Gasteiger charge is -1.99. The summed E-state index contributed by atoms with van der Waals surface area (Å²) in [6, 6.07) is 6.05. The van der Waals surface area contributed by atoms with Crippen LogP contribution in [0.5, 0.6) is 0 Å². The third-order valence-electron chi connectivity index (χ3n) is 1.76. The molecule has 0 spiro atoms. The van der Waals surface area contributed by atoms with Crippen molar-refractivity contribution in [1.82, 2.24) is 9.97 Å². The van der Waals surface area contributed by atoms with Crippen molar-refractivity contribution in [2.75, 3.05) is 0 Å². The van der Waals surface area contributed by atoms with E-state index in [0.29, 0.717) is 10.8 Å². The first-order chi connectivity index (χ1) is 6.75. The minimum Gasteiger partial charge on any atom is -0.251 e. The molecule has 0 bridgehead atoms. The van der Waals surface area contributed by atoms with Crippen molar-refractivity contribution in [3.8, 4) is 11.3 Å². The molecule has 0 aliphatic carbocycles. The summed E-state index contributed by atoms with van der Waals surface area (Å²) in [6.07, 6.45) is 3.01. The van der Waals surface area contributed by atoms with Crippen molar-refractivity contribution in [2.24, 2.45) is 0 Å². The Hall–Kier alpha value is -1.48. The second-order valence-corrected chi connectivity index (χ2v) is 3.12. The van der Waals surface area contributed by atoms with E-state index in [0.717, 1.165) is 5.56 Å². The Kier molecular flexibility index (Phi) is 2.41. The number of nitrogens with zero attached hydrogens (tertiary/aromatic N) is 2. The Balaban J connectivity index is 2.40. The second-order valence-electron chi connectivity index (χ2n) is 2.73. The molecule has 0 saturated carbocycles. The lowest BCUT2D eigenvalue weighted by atomic mass is 10.2. The molecule has 0 aliphatic rings. The molecule has 0 aliphatic heterocycles. The monoisotopic (exact) mass is 208 g/mol. The highest BCUT2D eigenvalue weighted by atomic mass is 35.5. The Morgan fingerprint density at radius 2 is 1.71 bits per heavy atom. The van der Waals surface area contributed by atoms with Gasteiger partial charge in [0.05, 0.1) is 18.1 Å². The Labute approximate surface area is 85.4 Å². The summed E-state index contributed by atoms with van der Waals surface area (Å²) in [5, 5.41) is 0.343. The van der Waals surface area contributed by atoms with Gasteiger partial charge < -0.3 is 0 Å². The van der Waals surface area contributed by atoms with Gasteiger partial charge in [-0.2, -0.15) is 0 Å². The van der Waals surface area contributed by atoms with Crippen LogP contribution in [-0.4, -0.2) is 9.97 Å². The van der Waals surface area contributed by atoms with Crippen LogP contribution in [-0.2, 0) is 0 Å². The van der Waals surface area contributed by atoms with Gasteiger partial charge in [-0.05, 0) is 24.3 Å². The third kappa shape index (κ3) is 1.88. The fraction of sp³-hybridized carbons (Fsp3) is 0. The Morgan fingerprint density at radius 1 is 1.00 bits per heavy atom. The maximum absolute atomic E-state index is 12.6. The van der Waals surface area contributed by atoms with E-state index in [-0.39, 0.29) is 5.82 Å². The predicted octanol–water partition coefficient (Wildman–Crippen LogP) is 2.94. The molecule has 1 aromatic heterocycles. The maximum atomic E-state index is 12.6. The first-order valence-electron chi connectivity index (χ1n) is 3.99. The number of hydrogen-bond donors (Lipinski definition) is 0. The van der Waals surface area contributed by atoms with Crippen LogP contribution in [0.2, 0.25) is 5.15 Å². The molecule has 4 heteroatoms. The number of halogens is 2. The van der Waals surface area contributed by atoms with Crippen molar-refractivity contribution in [1.29, 1.82) is 0 Å². The molecule has 2 nitrogen and oxygen atoms in total. The SMILES string of the molecule is Fc1ccc(-c2cnc(Cl)cn2)cc1. The van der Waals surface area contributed by atoms with Crippen molar-refractivity contribution in [3.05, 3.63) is 47.6 Å². The van der Waals surface area contributed by atoms with Gasteiger partial charge in [-0.3, -0.25) is 4.98 Å². The molecule has 0 unspecified atom stereocenters. The largest absolute Gasteiger partial charge is 0.251 e. The summed E-state index contributed by atoms with van der Waals surface area (Å²) >= 11 is 5.59. The Bertz CT molecular complexity index is 381. The van der Waals surface area contributed by atoms with Crippen molar-refractivity contribution >= 4 is 11.6 Å². The van der Waals surface area contributed by atoms with Crippen LogP contribution >= 0.6 is 11.6 Å². The van der Waals surface area contributed by atoms with Gasteiger partial charge in [0.1, 0.15) is 11.0 Å². The predicted molar refractivity (Wildman–Crippen MR) is 52.4 cm³/mol. The minimum absolute atomic E-state index is 0.268. The molecule has 0 saturated heterocycles. The molecule has 2 aromatic rings. The highest BCUT2D eigenvalue weighted by molar-refractivity contribution is 6.29. The van der Waals surface area contributed by atoms with Gasteiger partial charge in [0.15, 0.2) is 0 Å². The molecule has 0 fully saturated rings. The lowest BCUT2D eigenvalue weighted by molar-refractivity contribution is 0.628. The summed E-state index contributed by atoms with van der Waals surface area (Å²) in [6.45, 7) is 0. The molecule has 0 amide bonds. The van der Waals surface area contributed by atoms with Crippen LogP contribution in [0.15, 0.2) is 36.7 Å². The number of hydrogen-bond acceptors (Lipinski definition) is 2. The van der Waals surface area contributed by atoms with Gasteiger partial charge in [-0.1, -0.05) is 11.6 Å². The van der Waals surface area contributed by atoms with E-state index < -0.39 is 0 Å². The van der Waals surface area contributed by atoms with Gasteiger partial charge in [-0.15, -0.1) is 0 Å². The zero-order chi connectivity index (χ0) is 9.97. The summed E-state index contributed by atoms with van der Waals surface area (Å²) in [5.74, 6) is -0.268. The molecule has 2 rings (SSSR count). The molecule has 0 N–H and O–H groups in total. The molecule has 70 valence electrons. The molecule has 0 atom stereocenters. The number of benzene rings is 1. The van der Waals surface area contributed by atoms with Crippen LogP contribution in [0.1, 0.15) is 0 Å². The molecular formula is C10H6ClFN2. The highest BCUT2D eigenvalue weighted by Gasteiger charge is 1.99. The van der Waals surface area contributed by atoms with Crippen LogP contribution in [0.4, 0.5) is 4.39 Å². The van der Waals surface area contributed by atoms with Gasteiger partial charge >= 0.3 is 0 Å². The van der Waals surface area contributed by atoms with E-state index in [1.54, 1.807) is 18.3 Å². The fourth-order valence-electron chi connectivity index (χ4n) is 1.08. The topological polar surface area (TPSA) is 25.8 Å². The normalized spacial score (nSPS) is 10.1. The van der Waals surface area contributed by atoms with Gasteiger partial charge in [0, 0.05) is 5.56 Å². The summed E-state index contributed by atoms with van der Waals surface area (Å²) < 4.78 is 12.6. The lowest BCUT2D eigenvalue weighted by Crippen LogP contribution is -1.85. The smallest absolute Gasteiger partial charge is 0.147 e. The quantitative estimate of drug-likeness (QED) is 0.720. The minimum atomic E-state index is -0.268. The average Bonchev–Trinajstić information content (AvgIpc) is 2.21. The summed E-state index contributed by atoms with van der Waals surface area (Å²) in [4.78, 5) is 7.95. The van der Waals surface area contributed by atoms with Crippen LogP contribution in [0, 0.1) is 5.82 Å². The number of rotatable bonds is 1. The van der Waals surface area contributed by atoms with E-state index in [4.69, 9.17) is 11.6 Å². The highest BCUT2D eigenvalue weighted by Crippen LogP contribution is 2.16. The van der Waals surface area contributed by atoms with Crippen LogP contribution in [0.25, 0.3) is 11.3 Å². The van der Waals surface area contributed by atoms with Crippen LogP contribution in [0.3, 0.4) is 0 Å². The fourth-order valence-corrected chi connectivity index (χ4v) is 1.18. The molecule has 1 heterocycles. The van der Waals surface area contributed by atoms with Gasteiger partial charge in [-0.25, -0.2) is 9.37 Å². The molecule has 14 heavy (non-hydrogen) atoms. The zero-order valence-corrected chi connectivity index (χ0v) is 7.87. The van der Waals surface area contributed by atoms with E-state index in [1.165, 1.54) is 18.3 Å². The van der Waals surface area contributed by atoms with Crippen molar-refractivity contribution < 1.29 is 4.39 Å². The molecule has 0 radical (unpaired) electrons.